The van der Waals surface area contributed by atoms with Crippen LogP contribution in [-0.4, -0.2) is 26.8 Å². The smallest absolute Gasteiger partial charge is 0.237 e. The number of hydrogen-bond donors (Lipinski definition) is 0. The van der Waals surface area contributed by atoms with Gasteiger partial charge < -0.3 is 9.47 Å². The number of aryl methyl sites for hydroxylation is 1. The van der Waals surface area contributed by atoms with Crippen LogP contribution in [0.1, 0.15) is 38.3 Å². The summed E-state index contributed by atoms with van der Waals surface area (Å²) in [5.41, 5.74) is 2.96. The molecular weight excluding hydrogens is 458 g/mol. The van der Waals surface area contributed by atoms with E-state index in [9.17, 15) is 4.79 Å². The van der Waals surface area contributed by atoms with Crippen LogP contribution >= 0.6 is 27.7 Å². The fraction of sp³-hybridized carbons (Fsp3) is 0.333. The number of thioether (sulfide) groups is 1. The van der Waals surface area contributed by atoms with Crippen molar-refractivity contribution in [3.63, 3.8) is 0 Å². The number of nitrogens with zero attached hydrogens (tertiary/aromatic N) is 3. The molecule has 0 N–H and O–H groups in total. The minimum absolute atomic E-state index is 0.110. The summed E-state index contributed by atoms with van der Waals surface area (Å²) in [5.74, 6) is 0.468. The van der Waals surface area contributed by atoms with Crippen molar-refractivity contribution >= 4 is 39.3 Å². The van der Waals surface area contributed by atoms with Gasteiger partial charge in [0.1, 0.15) is 0 Å². The van der Waals surface area contributed by atoms with Gasteiger partial charge in [0.05, 0.1) is 5.75 Å². The summed E-state index contributed by atoms with van der Waals surface area (Å²) in [6.07, 6.45) is 4.50. The standard InChI is InChI=1S/C24H26BrN3OS/c1-23(2)16-24(3,17-9-11-18(25)12-10-17)19-7-5-6-8-20(19)28(23)21(29)15-30-22-26-13-14-27(22)4/h5-14H,15-16H2,1-4H3/t24-/m0/s1. The molecule has 0 saturated heterocycles. The van der Waals surface area contributed by atoms with E-state index in [1.165, 1.54) is 22.9 Å². The molecule has 4 rings (SSSR count). The van der Waals surface area contributed by atoms with Crippen molar-refractivity contribution in [1.82, 2.24) is 9.55 Å². The van der Waals surface area contributed by atoms with Gasteiger partial charge in [-0.05, 0) is 49.6 Å². The first kappa shape index (κ1) is 21.2. The molecule has 1 aliphatic heterocycles. The maximum Gasteiger partial charge on any atom is 0.237 e. The molecule has 0 bridgehead atoms. The number of aromatic nitrogens is 2. The van der Waals surface area contributed by atoms with Crippen molar-refractivity contribution in [3.05, 3.63) is 76.5 Å². The molecule has 4 nitrogen and oxygen atoms in total. The maximum absolute atomic E-state index is 13.4. The van der Waals surface area contributed by atoms with Crippen LogP contribution in [-0.2, 0) is 17.3 Å². The van der Waals surface area contributed by atoms with E-state index in [-0.39, 0.29) is 16.9 Å². The highest BCUT2D eigenvalue weighted by atomic mass is 79.9. The highest BCUT2D eigenvalue weighted by Gasteiger charge is 2.47. The Bertz CT molecular complexity index is 1080. The zero-order valence-electron chi connectivity index (χ0n) is 17.7. The number of carbonyl (C=O) groups is 1. The summed E-state index contributed by atoms with van der Waals surface area (Å²) < 4.78 is 3.01. The number of halogens is 1. The topological polar surface area (TPSA) is 38.1 Å². The maximum atomic E-state index is 13.4. The number of carbonyl (C=O) groups excluding carboxylic acids is 1. The first-order valence-corrected chi connectivity index (χ1v) is 11.8. The Morgan fingerprint density at radius 1 is 1.13 bits per heavy atom. The highest BCUT2D eigenvalue weighted by molar-refractivity contribution is 9.10. The Morgan fingerprint density at radius 3 is 2.50 bits per heavy atom. The summed E-state index contributed by atoms with van der Waals surface area (Å²) in [6.45, 7) is 6.63. The van der Waals surface area contributed by atoms with Crippen LogP contribution in [0.3, 0.4) is 0 Å². The number of fused-ring (bicyclic) bond motifs is 1. The average Bonchev–Trinajstić information content (AvgIpc) is 3.11. The third kappa shape index (κ3) is 3.71. The molecule has 0 fully saturated rings. The Morgan fingerprint density at radius 2 is 1.83 bits per heavy atom. The second kappa shape index (κ2) is 7.89. The zero-order chi connectivity index (χ0) is 21.5. The number of hydrogen-bond acceptors (Lipinski definition) is 3. The van der Waals surface area contributed by atoms with E-state index < -0.39 is 0 Å². The molecule has 0 unspecified atom stereocenters. The number of rotatable bonds is 4. The van der Waals surface area contributed by atoms with Gasteiger partial charge in [0.25, 0.3) is 0 Å². The van der Waals surface area contributed by atoms with Crippen LogP contribution in [0.5, 0.6) is 0 Å². The summed E-state index contributed by atoms with van der Waals surface area (Å²) in [6, 6.07) is 16.9. The molecule has 2 heterocycles. The lowest BCUT2D eigenvalue weighted by Crippen LogP contribution is -2.56. The van der Waals surface area contributed by atoms with Crippen molar-refractivity contribution in [2.75, 3.05) is 10.7 Å². The SMILES string of the molecule is Cn1ccnc1SCC(=O)N1c2ccccc2[C@](C)(c2ccc(Br)cc2)CC1(C)C. The Kier molecular flexibility index (Phi) is 5.58. The first-order valence-electron chi connectivity index (χ1n) is 10.0. The van der Waals surface area contributed by atoms with Crippen LogP contribution in [0.25, 0.3) is 0 Å². The van der Waals surface area contributed by atoms with Crippen molar-refractivity contribution in [3.8, 4) is 0 Å². The number of para-hydroxylation sites is 1. The van der Waals surface area contributed by atoms with Gasteiger partial charge in [-0.2, -0.15) is 0 Å². The van der Waals surface area contributed by atoms with Gasteiger partial charge in [-0.25, -0.2) is 4.98 Å². The summed E-state index contributed by atoms with van der Waals surface area (Å²) in [4.78, 5) is 19.8. The fourth-order valence-electron chi connectivity index (χ4n) is 4.73. The number of benzene rings is 2. The molecule has 1 aromatic heterocycles. The van der Waals surface area contributed by atoms with Crippen molar-refractivity contribution in [2.45, 2.75) is 43.3 Å². The molecule has 30 heavy (non-hydrogen) atoms. The van der Waals surface area contributed by atoms with Crippen LogP contribution in [0.4, 0.5) is 5.69 Å². The van der Waals surface area contributed by atoms with E-state index >= 15 is 0 Å². The molecule has 2 aromatic carbocycles. The normalized spacial score (nSPS) is 20.1. The van der Waals surface area contributed by atoms with E-state index in [2.05, 4.69) is 84.1 Å². The summed E-state index contributed by atoms with van der Waals surface area (Å²) in [5, 5.41) is 0.853. The average molecular weight is 484 g/mol. The molecule has 1 amide bonds. The van der Waals surface area contributed by atoms with E-state index in [4.69, 9.17) is 0 Å². The predicted molar refractivity (Wildman–Crippen MR) is 127 cm³/mol. The molecule has 1 atom stereocenters. The quantitative estimate of drug-likeness (QED) is 0.440. The van der Waals surface area contributed by atoms with Gasteiger partial charge in [-0.3, -0.25) is 4.79 Å². The molecule has 3 aromatic rings. The van der Waals surface area contributed by atoms with E-state index in [1.807, 2.05) is 28.8 Å². The van der Waals surface area contributed by atoms with Gasteiger partial charge in [0, 0.05) is 40.6 Å². The van der Waals surface area contributed by atoms with E-state index in [1.54, 1.807) is 6.20 Å². The highest BCUT2D eigenvalue weighted by Crippen LogP contribution is 2.50. The van der Waals surface area contributed by atoms with E-state index in [0.29, 0.717) is 5.75 Å². The van der Waals surface area contributed by atoms with Gasteiger partial charge in [0.2, 0.25) is 5.91 Å². The van der Waals surface area contributed by atoms with E-state index in [0.717, 1.165) is 21.7 Å². The van der Waals surface area contributed by atoms with Gasteiger partial charge in [-0.15, -0.1) is 0 Å². The predicted octanol–water partition coefficient (Wildman–Crippen LogP) is 5.80. The zero-order valence-corrected chi connectivity index (χ0v) is 20.1. The number of amides is 1. The molecular formula is C24H26BrN3OS. The Hall–Kier alpha value is -2.05. The second-order valence-corrected chi connectivity index (χ2v) is 10.5. The molecule has 1 aliphatic rings. The third-order valence-electron chi connectivity index (χ3n) is 5.96. The molecule has 156 valence electrons. The minimum Gasteiger partial charge on any atom is -0.329 e. The number of anilines is 1. The minimum atomic E-state index is -0.324. The molecule has 0 saturated carbocycles. The second-order valence-electron chi connectivity index (χ2n) is 8.68. The largest absolute Gasteiger partial charge is 0.329 e. The van der Waals surface area contributed by atoms with Gasteiger partial charge in [0.15, 0.2) is 5.16 Å². The first-order chi connectivity index (χ1) is 14.2. The fourth-order valence-corrected chi connectivity index (χ4v) is 5.78. The van der Waals surface area contributed by atoms with Crippen molar-refractivity contribution < 1.29 is 4.79 Å². The Labute approximate surface area is 190 Å². The number of imidazole rings is 1. The lowest BCUT2D eigenvalue weighted by molar-refractivity contribution is -0.117. The van der Waals surface area contributed by atoms with Crippen molar-refractivity contribution in [1.29, 1.82) is 0 Å². The van der Waals surface area contributed by atoms with Crippen LogP contribution in [0, 0.1) is 0 Å². The van der Waals surface area contributed by atoms with Gasteiger partial charge >= 0.3 is 0 Å². The lowest BCUT2D eigenvalue weighted by atomic mass is 9.65. The molecule has 0 spiro atoms. The van der Waals surface area contributed by atoms with Crippen LogP contribution < -0.4 is 4.90 Å². The van der Waals surface area contributed by atoms with Crippen LogP contribution in [0.15, 0.2) is 70.6 Å². The van der Waals surface area contributed by atoms with Crippen molar-refractivity contribution in [2.24, 2.45) is 7.05 Å². The van der Waals surface area contributed by atoms with Gasteiger partial charge in [-0.1, -0.05) is 64.9 Å². The molecule has 6 heteroatoms. The van der Waals surface area contributed by atoms with Crippen LogP contribution in [0.2, 0.25) is 0 Å². The lowest BCUT2D eigenvalue weighted by Gasteiger charge is -2.51. The molecule has 0 radical (unpaired) electrons. The molecule has 0 aliphatic carbocycles. The third-order valence-corrected chi connectivity index (χ3v) is 7.53. The summed E-state index contributed by atoms with van der Waals surface area (Å²) in [7, 11) is 1.95. The Balaban J connectivity index is 1.72. The summed E-state index contributed by atoms with van der Waals surface area (Å²) >= 11 is 5.03. The monoisotopic (exact) mass is 483 g/mol.